The van der Waals surface area contributed by atoms with Crippen LogP contribution in [-0.4, -0.2) is 18.5 Å². The van der Waals surface area contributed by atoms with Gasteiger partial charge in [0.1, 0.15) is 5.69 Å². The summed E-state index contributed by atoms with van der Waals surface area (Å²) in [6.45, 7) is 2.28. The Hall–Kier alpha value is -1.46. The van der Waals surface area contributed by atoms with Gasteiger partial charge in [0, 0.05) is 6.54 Å². The van der Waals surface area contributed by atoms with E-state index < -0.39 is 6.03 Å². The number of para-hydroxylation sites is 1. The van der Waals surface area contributed by atoms with Crippen LogP contribution in [0.5, 0.6) is 0 Å². The number of urea groups is 1. The van der Waals surface area contributed by atoms with Crippen LogP contribution >= 0.6 is 23.2 Å². The van der Waals surface area contributed by atoms with Crippen molar-refractivity contribution in [2.24, 2.45) is 10.7 Å². The van der Waals surface area contributed by atoms with Gasteiger partial charge in [-0.3, -0.25) is 5.32 Å². The van der Waals surface area contributed by atoms with Gasteiger partial charge in [-0.25, -0.2) is 9.79 Å². The molecule has 0 aliphatic carbocycles. The van der Waals surface area contributed by atoms with E-state index in [1.807, 2.05) is 0 Å². The number of hydrogen-bond acceptors (Lipinski definition) is 2. The van der Waals surface area contributed by atoms with Crippen LogP contribution in [0, 0.1) is 0 Å². The van der Waals surface area contributed by atoms with Gasteiger partial charge in [-0.2, -0.15) is 0 Å². The number of carbonyl (C=O) groups is 1. The predicted molar refractivity (Wildman–Crippen MR) is 70.0 cm³/mol. The Morgan fingerprint density at radius 2 is 2.00 bits per heavy atom. The molecular formula is C10H12Cl2N4O. The van der Waals surface area contributed by atoms with Crippen molar-refractivity contribution in [3.05, 3.63) is 28.2 Å². The number of nitrogens with one attached hydrogen (secondary N) is 2. The van der Waals surface area contributed by atoms with E-state index in [1.165, 1.54) is 0 Å². The Bertz CT molecular complexity index is 428. The molecule has 0 radical (unpaired) electrons. The number of amides is 2. The Morgan fingerprint density at radius 1 is 1.41 bits per heavy atom. The van der Waals surface area contributed by atoms with Crippen molar-refractivity contribution in [3.63, 3.8) is 0 Å². The van der Waals surface area contributed by atoms with E-state index in [-0.39, 0.29) is 5.96 Å². The maximum absolute atomic E-state index is 11.2. The minimum atomic E-state index is -0.433. The average molecular weight is 275 g/mol. The second-order valence-electron chi connectivity index (χ2n) is 3.05. The van der Waals surface area contributed by atoms with Gasteiger partial charge in [0.05, 0.1) is 10.0 Å². The molecule has 4 N–H and O–H groups in total. The van der Waals surface area contributed by atoms with Crippen LogP contribution in [0.3, 0.4) is 0 Å². The Labute approximate surface area is 109 Å². The normalized spacial score (nSPS) is 11.1. The van der Waals surface area contributed by atoms with Crippen molar-refractivity contribution >= 4 is 40.9 Å². The van der Waals surface area contributed by atoms with Crippen molar-refractivity contribution in [1.82, 2.24) is 10.6 Å². The number of aliphatic imine (C=N–C) groups is 1. The maximum atomic E-state index is 11.2. The lowest BCUT2D eigenvalue weighted by molar-refractivity contribution is 0.245. The zero-order chi connectivity index (χ0) is 12.8. The van der Waals surface area contributed by atoms with Crippen molar-refractivity contribution < 1.29 is 4.79 Å². The topological polar surface area (TPSA) is 79.5 Å². The molecule has 1 aromatic carbocycles. The molecular weight excluding hydrogens is 263 g/mol. The first kappa shape index (κ1) is 13.6. The molecule has 0 bridgehead atoms. The molecule has 0 unspecified atom stereocenters. The van der Waals surface area contributed by atoms with E-state index in [0.717, 1.165) is 0 Å². The molecule has 1 rings (SSSR count). The molecule has 0 aromatic heterocycles. The van der Waals surface area contributed by atoms with Crippen molar-refractivity contribution in [2.45, 2.75) is 6.92 Å². The first-order chi connectivity index (χ1) is 8.04. The highest BCUT2D eigenvalue weighted by Crippen LogP contribution is 2.32. The third kappa shape index (κ3) is 4.13. The molecule has 92 valence electrons. The number of carbonyl (C=O) groups excluding carboxylic acids is 1. The van der Waals surface area contributed by atoms with Crippen molar-refractivity contribution in [2.75, 3.05) is 6.54 Å². The van der Waals surface area contributed by atoms with E-state index in [9.17, 15) is 4.79 Å². The molecule has 17 heavy (non-hydrogen) atoms. The predicted octanol–water partition coefficient (Wildman–Crippen LogP) is 2.26. The molecule has 2 amide bonds. The number of guanidine groups is 1. The monoisotopic (exact) mass is 274 g/mol. The zero-order valence-corrected chi connectivity index (χ0v) is 10.6. The highest BCUT2D eigenvalue weighted by Gasteiger charge is 2.06. The molecule has 0 heterocycles. The van der Waals surface area contributed by atoms with Gasteiger partial charge >= 0.3 is 6.03 Å². The maximum Gasteiger partial charge on any atom is 0.321 e. The van der Waals surface area contributed by atoms with Gasteiger partial charge in [0.25, 0.3) is 0 Å². The molecule has 5 nitrogen and oxygen atoms in total. The zero-order valence-electron chi connectivity index (χ0n) is 9.13. The number of nitrogens with two attached hydrogens (primary N) is 1. The summed E-state index contributed by atoms with van der Waals surface area (Å²) in [6.07, 6.45) is 0. The number of nitrogens with zero attached hydrogens (tertiary/aromatic N) is 1. The van der Waals surface area contributed by atoms with E-state index in [2.05, 4.69) is 15.6 Å². The molecule has 0 aliphatic rings. The standard InChI is InChI=1S/C10H12Cl2N4O/c1-2-14-10(17)16-9(13)15-8-6(11)4-3-5-7(8)12/h3-5H,2H2,1H3,(H4,13,14,15,16,17). The van der Waals surface area contributed by atoms with Gasteiger partial charge in [0.2, 0.25) is 5.96 Å². The highest BCUT2D eigenvalue weighted by molar-refractivity contribution is 6.38. The molecule has 0 aliphatic heterocycles. The first-order valence-electron chi connectivity index (χ1n) is 4.87. The van der Waals surface area contributed by atoms with Crippen LogP contribution in [0.25, 0.3) is 0 Å². The second-order valence-corrected chi connectivity index (χ2v) is 3.87. The van der Waals surface area contributed by atoms with E-state index >= 15 is 0 Å². The van der Waals surface area contributed by atoms with Gasteiger partial charge in [0.15, 0.2) is 0 Å². The Balaban J connectivity index is 2.84. The minimum Gasteiger partial charge on any atom is -0.369 e. The van der Waals surface area contributed by atoms with Gasteiger partial charge < -0.3 is 11.1 Å². The summed E-state index contributed by atoms with van der Waals surface area (Å²) in [6, 6.07) is 4.52. The summed E-state index contributed by atoms with van der Waals surface area (Å²) in [7, 11) is 0. The highest BCUT2D eigenvalue weighted by atomic mass is 35.5. The Kier molecular flexibility index (Phi) is 5.06. The van der Waals surface area contributed by atoms with Crippen molar-refractivity contribution in [3.8, 4) is 0 Å². The molecule has 7 heteroatoms. The first-order valence-corrected chi connectivity index (χ1v) is 5.63. The van der Waals surface area contributed by atoms with Crippen molar-refractivity contribution in [1.29, 1.82) is 0 Å². The Morgan fingerprint density at radius 3 is 2.53 bits per heavy atom. The molecule has 0 saturated carbocycles. The quantitative estimate of drug-likeness (QED) is 0.571. The third-order valence-electron chi connectivity index (χ3n) is 1.75. The fraction of sp³-hybridized carbons (Fsp3) is 0.200. The summed E-state index contributed by atoms with van der Waals surface area (Å²) in [5, 5.41) is 5.58. The third-order valence-corrected chi connectivity index (χ3v) is 2.36. The fourth-order valence-corrected chi connectivity index (χ4v) is 1.55. The summed E-state index contributed by atoms with van der Waals surface area (Å²) in [5.74, 6) is -0.0778. The van der Waals surface area contributed by atoms with Crippen LogP contribution in [0.2, 0.25) is 10.0 Å². The van der Waals surface area contributed by atoms with Crippen LogP contribution in [0.15, 0.2) is 23.2 Å². The second kappa shape index (κ2) is 6.32. The molecule has 0 fully saturated rings. The smallest absolute Gasteiger partial charge is 0.321 e. The lowest BCUT2D eigenvalue weighted by atomic mass is 10.3. The van der Waals surface area contributed by atoms with Crippen LogP contribution in [-0.2, 0) is 0 Å². The lowest BCUT2D eigenvalue weighted by Crippen LogP contribution is -2.43. The minimum absolute atomic E-state index is 0.0778. The van der Waals surface area contributed by atoms with Crippen LogP contribution in [0.1, 0.15) is 6.92 Å². The van der Waals surface area contributed by atoms with Gasteiger partial charge in [-0.1, -0.05) is 29.3 Å². The summed E-state index contributed by atoms with van der Waals surface area (Å²) >= 11 is 11.8. The van der Waals surface area contributed by atoms with Gasteiger partial charge in [-0.15, -0.1) is 0 Å². The molecule has 1 aromatic rings. The van der Waals surface area contributed by atoms with E-state index in [4.69, 9.17) is 28.9 Å². The molecule has 0 spiro atoms. The summed E-state index contributed by atoms with van der Waals surface area (Å²) < 4.78 is 0. The molecule has 0 saturated heterocycles. The average Bonchev–Trinajstić information content (AvgIpc) is 2.24. The lowest BCUT2D eigenvalue weighted by Gasteiger charge is -2.06. The van der Waals surface area contributed by atoms with Gasteiger partial charge in [-0.05, 0) is 19.1 Å². The number of halogens is 2. The number of hydrogen-bond donors (Lipinski definition) is 3. The number of rotatable bonds is 2. The van der Waals surface area contributed by atoms with Crippen LogP contribution in [0.4, 0.5) is 10.5 Å². The number of benzene rings is 1. The fourth-order valence-electron chi connectivity index (χ4n) is 1.07. The molecule has 0 atom stereocenters. The van der Waals surface area contributed by atoms with Crippen LogP contribution < -0.4 is 16.4 Å². The summed E-state index contributed by atoms with van der Waals surface area (Å²) in [4.78, 5) is 15.1. The largest absolute Gasteiger partial charge is 0.369 e. The summed E-state index contributed by atoms with van der Waals surface area (Å²) in [5.41, 5.74) is 5.86. The van der Waals surface area contributed by atoms with E-state index in [1.54, 1.807) is 25.1 Å². The van der Waals surface area contributed by atoms with E-state index in [0.29, 0.717) is 22.3 Å². The SMILES string of the molecule is CCNC(=O)NC(N)=Nc1c(Cl)cccc1Cl.